The number of aromatic nitrogens is 3. The minimum absolute atomic E-state index is 0.0605. The van der Waals surface area contributed by atoms with Crippen LogP contribution in [0.5, 0.6) is 0 Å². The van der Waals surface area contributed by atoms with E-state index in [1.54, 1.807) is 45.0 Å². The fraction of sp³-hybridized carbons (Fsp3) is 0.273. The normalized spacial score (nSPS) is 10.9. The van der Waals surface area contributed by atoms with Crippen LogP contribution in [0.3, 0.4) is 0 Å². The van der Waals surface area contributed by atoms with Crippen molar-refractivity contribution in [1.29, 1.82) is 0 Å². The highest BCUT2D eigenvalue weighted by Gasteiger charge is 2.23. The largest absolute Gasteiger partial charge is 0.462 e. The van der Waals surface area contributed by atoms with Crippen LogP contribution in [0, 0.1) is 13.8 Å². The molecule has 0 aliphatic rings. The van der Waals surface area contributed by atoms with Crippen LogP contribution in [-0.4, -0.2) is 38.6 Å². The summed E-state index contributed by atoms with van der Waals surface area (Å²) in [5.41, 5.74) is 2.30. The van der Waals surface area contributed by atoms with Gasteiger partial charge < -0.3 is 9.72 Å². The molecule has 0 radical (unpaired) electrons. The minimum Gasteiger partial charge on any atom is -0.462 e. The number of hydrogen-bond acceptors (Lipinski definition) is 6. The number of hydrogen-bond donors (Lipinski definition) is 1. The lowest BCUT2D eigenvalue weighted by Gasteiger charge is -2.11. The number of rotatable bonds is 8. The van der Waals surface area contributed by atoms with Crippen molar-refractivity contribution in [2.45, 2.75) is 32.5 Å². The molecule has 1 aromatic carbocycles. The summed E-state index contributed by atoms with van der Waals surface area (Å²) in [5, 5.41) is 0.962. The van der Waals surface area contributed by atoms with Crippen LogP contribution >= 0.6 is 11.8 Å². The first-order chi connectivity index (χ1) is 14.4. The molecule has 0 aliphatic heterocycles. The SMILES string of the molecule is C=CCn1c(SCC(=O)c2[nH]c(C)c(C(=O)OCC)c2C)nc2ccccc2c1=O. The molecule has 7 nitrogen and oxygen atoms in total. The van der Waals surface area contributed by atoms with Crippen molar-refractivity contribution in [3.8, 4) is 0 Å². The topological polar surface area (TPSA) is 94.1 Å². The van der Waals surface area contributed by atoms with Crippen molar-refractivity contribution < 1.29 is 14.3 Å². The van der Waals surface area contributed by atoms with Crippen molar-refractivity contribution in [3.63, 3.8) is 0 Å². The van der Waals surface area contributed by atoms with Gasteiger partial charge in [0.1, 0.15) is 0 Å². The van der Waals surface area contributed by atoms with Gasteiger partial charge in [-0.15, -0.1) is 6.58 Å². The van der Waals surface area contributed by atoms with Gasteiger partial charge in [-0.25, -0.2) is 9.78 Å². The zero-order chi connectivity index (χ0) is 21.8. The monoisotopic (exact) mass is 425 g/mol. The maximum Gasteiger partial charge on any atom is 0.340 e. The first kappa shape index (κ1) is 21.6. The van der Waals surface area contributed by atoms with E-state index in [2.05, 4.69) is 16.5 Å². The number of fused-ring (bicyclic) bond motifs is 1. The maximum atomic E-state index is 12.9. The number of ketones is 1. The second-order valence-electron chi connectivity index (χ2n) is 6.67. The second kappa shape index (κ2) is 9.13. The number of benzene rings is 1. The molecule has 30 heavy (non-hydrogen) atoms. The lowest BCUT2D eigenvalue weighted by atomic mass is 10.1. The Labute approximate surface area is 178 Å². The van der Waals surface area contributed by atoms with E-state index in [0.29, 0.717) is 45.1 Å². The number of aryl methyl sites for hydroxylation is 1. The van der Waals surface area contributed by atoms with Gasteiger partial charge in [0.2, 0.25) is 0 Å². The molecule has 156 valence electrons. The number of carbonyl (C=O) groups excluding carboxylic acids is 2. The van der Waals surface area contributed by atoms with E-state index in [-0.39, 0.29) is 23.7 Å². The number of Topliss-reactive ketones (excluding diaryl/α,β-unsaturated/α-hetero) is 1. The summed E-state index contributed by atoms with van der Waals surface area (Å²) in [6, 6.07) is 7.10. The third-order valence-corrected chi connectivity index (χ3v) is 5.64. The number of ether oxygens (including phenoxy) is 1. The van der Waals surface area contributed by atoms with Crippen molar-refractivity contribution in [2.24, 2.45) is 0 Å². The maximum absolute atomic E-state index is 12.9. The average Bonchev–Trinajstić information content (AvgIpc) is 3.03. The van der Waals surface area contributed by atoms with Crippen LogP contribution in [0.2, 0.25) is 0 Å². The third-order valence-electron chi connectivity index (χ3n) is 4.67. The Kier molecular flexibility index (Phi) is 6.56. The highest BCUT2D eigenvalue weighted by molar-refractivity contribution is 7.99. The van der Waals surface area contributed by atoms with Gasteiger partial charge in [0.15, 0.2) is 10.9 Å². The van der Waals surface area contributed by atoms with E-state index in [1.807, 2.05) is 6.07 Å². The number of nitrogens with zero attached hydrogens (tertiary/aromatic N) is 2. The quantitative estimate of drug-likeness (QED) is 0.195. The second-order valence-corrected chi connectivity index (χ2v) is 7.62. The van der Waals surface area contributed by atoms with Gasteiger partial charge in [0.25, 0.3) is 5.56 Å². The molecule has 0 fully saturated rings. The van der Waals surface area contributed by atoms with Gasteiger partial charge in [-0.3, -0.25) is 14.2 Å². The molecule has 0 aliphatic carbocycles. The lowest BCUT2D eigenvalue weighted by Crippen LogP contribution is -2.23. The van der Waals surface area contributed by atoms with Crippen molar-refractivity contribution >= 4 is 34.4 Å². The van der Waals surface area contributed by atoms with E-state index < -0.39 is 5.97 Å². The molecule has 0 saturated carbocycles. The standard InChI is InChI=1S/C22H23N3O4S/c1-5-11-25-20(27)15-9-7-8-10-16(15)24-22(25)30-12-17(26)19-13(3)18(14(4)23-19)21(28)29-6-2/h5,7-10,23H,1,6,11-12H2,2-4H3. The number of para-hydroxylation sites is 1. The number of esters is 1. The molecule has 0 atom stereocenters. The van der Waals surface area contributed by atoms with E-state index in [0.717, 1.165) is 0 Å². The summed E-state index contributed by atoms with van der Waals surface area (Å²) in [6.45, 7) is 9.44. The van der Waals surface area contributed by atoms with E-state index in [9.17, 15) is 14.4 Å². The molecule has 1 N–H and O–H groups in total. The minimum atomic E-state index is -0.452. The Morgan fingerprint density at radius 2 is 2.03 bits per heavy atom. The fourth-order valence-electron chi connectivity index (χ4n) is 3.29. The number of carbonyl (C=O) groups is 2. The summed E-state index contributed by atoms with van der Waals surface area (Å²) >= 11 is 1.18. The van der Waals surface area contributed by atoms with Gasteiger partial charge in [-0.05, 0) is 38.5 Å². The Balaban J connectivity index is 1.90. The van der Waals surface area contributed by atoms with Crippen LogP contribution < -0.4 is 5.56 Å². The molecule has 3 rings (SSSR count). The summed E-state index contributed by atoms with van der Waals surface area (Å²) in [7, 11) is 0. The molecule has 8 heteroatoms. The molecule has 0 unspecified atom stereocenters. The van der Waals surface area contributed by atoms with Gasteiger partial charge >= 0.3 is 5.97 Å². The zero-order valence-corrected chi connectivity index (χ0v) is 18.0. The smallest absolute Gasteiger partial charge is 0.340 e. The van der Waals surface area contributed by atoms with Gasteiger partial charge in [0, 0.05) is 12.2 Å². The number of allylic oxidation sites excluding steroid dienone is 1. The van der Waals surface area contributed by atoms with Crippen molar-refractivity contribution in [2.75, 3.05) is 12.4 Å². The Morgan fingerprint density at radius 3 is 2.73 bits per heavy atom. The first-order valence-corrected chi connectivity index (χ1v) is 10.5. The van der Waals surface area contributed by atoms with Crippen molar-refractivity contribution in [3.05, 3.63) is 69.8 Å². The van der Waals surface area contributed by atoms with E-state index >= 15 is 0 Å². The van der Waals surface area contributed by atoms with E-state index in [1.165, 1.54) is 16.3 Å². The molecule has 0 spiro atoms. The van der Waals surface area contributed by atoms with Crippen LogP contribution in [0.25, 0.3) is 10.9 Å². The highest BCUT2D eigenvalue weighted by Crippen LogP contribution is 2.23. The highest BCUT2D eigenvalue weighted by atomic mass is 32.2. The predicted molar refractivity (Wildman–Crippen MR) is 117 cm³/mol. The molecular weight excluding hydrogens is 402 g/mol. The molecule has 2 heterocycles. The molecular formula is C22H23N3O4S. The number of H-pyrrole nitrogens is 1. The molecule has 2 aromatic heterocycles. The summed E-state index contributed by atoms with van der Waals surface area (Å²) in [5.74, 6) is -0.583. The Morgan fingerprint density at radius 1 is 1.30 bits per heavy atom. The van der Waals surface area contributed by atoms with Crippen molar-refractivity contribution in [1.82, 2.24) is 14.5 Å². The average molecular weight is 426 g/mol. The van der Waals surface area contributed by atoms with Gasteiger partial charge in [-0.1, -0.05) is 30.0 Å². The zero-order valence-electron chi connectivity index (χ0n) is 17.2. The molecule has 0 amide bonds. The fourth-order valence-corrected chi connectivity index (χ4v) is 4.17. The predicted octanol–water partition coefficient (Wildman–Crippen LogP) is 3.68. The van der Waals surface area contributed by atoms with E-state index in [4.69, 9.17) is 4.74 Å². The van der Waals surface area contributed by atoms with Crippen LogP contribution in [-0.2, 0) is 11.3 Å². The number of nitrogens with one attached hydrogen (secondary N) is 1. The molecule has 3 aromatic rings. The van der Waals surface area contributed by atoms with Gasteiger partial charge in [0.05, 0.1) is 34.5 Å². The Hall–Kier alpha value is -3.13. The van der Waals surface area contributed by atoms with Crippen LogP contribution in [0.1, 0.15) is 39.0 Å². The molecule has 0 saturated heterocycles. The Bertz CT molecular complexity index is 1190. The van der Waals surface area contributed by atoms with Gasteiger partial charge in [-0.2, -0.15) is 0 Å². The molecule has 0 bridgehead atoms. The number of aromatic amines is 1. The summed E-state index contributed by atoms with van der Waals surface area (Å²) in [4.78, 5) is 45.4. The first-order valence-electron chi connectivity index (χ1n) is 9.51. The lowest BCUT2D eigenvalue weighted by molar-refractivity contribution is 0.0525. The van der Waals surface area contributed by atoms with Crippen LogP contribution in [0.4, 0.5) is 0 Å². The number of thioether (sulfide) groups is 1. The van der Waals surface area contributed by atoms with Crippen LogP contribution in [0.15, 0.2) is 46.9 Å². The third kappa shape index (κ3) is 4.09. The summed E-state index contributed by atoms with van der Waals surface area (Å²) in [6.07, 6.45) is 1.62. The summed E-state index contributed by atoms with van der Waals surface area (Å²) < 4.78 is 6.58.